The highest BCUT2D eigenvalue weighted by atomic mass is 79.9. The molecule has 1 unspecified atom stereocenters. The highest BCUT2D eigenvalue weighted by Crippen LogP contribution is 2.11. The van der Waals surface area contributed by atoms with Gasteiger partial charge in [0.05, 0.1) is 6.04 Å². The summed E-state index contributed by atoms with van der Waals surface area (Å²) in [5.74, 6) is -1.30. The van der Waals surface area contributed by atoms with Crippen LogP contribution in [0.1, 0.15) is 18.1 Å². The summed E-state index contributed by atoms with van der Waals surface area (Å²) in [4.78, 5) is 35.5. The van der Waals surface area contributed by atoms with E-state index in [1.807, 2.05) is 54.6 Å². The average Bonchev–Trinajstić information content (AvgIpc) is 2.66. The molecule has 0 aliphatic carbocycles. The van der Waals surface area contributed by atoms with E-state index in [0.29, 0.717) is 6.42 Å². The summed E-state index contributed by atoms with van der Waals surface area (Å²) >= 11 is 3.33. The van der Waals surface area contributed by atoms with Crippen molar-refractivity contribution in [1.29, 1.82) is 0 Å². The van der Waals surface area contributed by atoms with Crippen molar-refractivity contribution in [2.75, 3.05) is 6.61 Å². The number of esters is 1. The first-order valence-electron chi connectivity index (χ1n) is 8.38. The molecule has 0 aliphatic heterocycles. The van der Waals surface area contributed by atoms with Gasteiger partial charge in [-0.05, 0) is 42.7 Å². The van der Waals surface area contributed by atoms with Gasteiger partial charge in [0, 0.05) is 10.5 Å². The molecule has 140 valence electrons. The maximum absolute atomic E-state index is 12.0. The van der Waals surface area contributed by atoms with Crippen LogP contribution in [0.15, 0.2) is 65.1 Å². The van der Waals surface area contributed by atoms with Crippen molar-refractivity contribution in [3.63, 3.8) is 0 Å². The molecule has 1 amide bonds. The molecule has 0 saturated heterocycles. The van der Waals surface area contributed by atoms with Crippen LogP contribution in [-0.2, 0) is 25.5 Å². The minimum Gasteiger partial charge on any atom is -0.452 e. The van der Waals surface area contributed by atoms with Gasteiger partial charge in [0.2, 0.25) is 0 Å². The monoisotopic (exact) mass is 429 g/mol. The molecule has 1 atom stereocenters. The first kappa shape index (κ1) is 20.6. The van der Waals surface area contributed by atoms with Gasteiger partial charge in [0.25, 0.3) is 5.91 Å². The molecule has 6 heteroatoms. The quantitative estimate of drug-likeness (QED) is 0.515. The fourth-order valence-corrected chi connectivity index (χ4v) is 2.57. The number of carbonyl (C=O) groups excluding carboxylic acids is 3. The van der Waals surface area contributed by atoms with Gasteiger partial charge in [0.15, 0.2) is 12.4 Å². The maximum Gasteiger partial charge on any atom is 0.331 e. The summed E-state index contributed by atoms with van der Waals surface area (Å²) in [6.07, 6.45) is 3.24. The van der Waals surface area contributed by atoms with E-state index in [9.17, 15) is 14.4 Å². The number of ketones is 1. The number of ether oxygens (including phenoxy) is 1. The zero-order valence-corrected chi connectivity index (χ0v) is 16.4. The van der Waals surface area contributed by atoms with E-state index in [0.717, 1.165) is 15.6 Å². The van der Waals surface area contributed by atoms with Crippen LogP contribution in [0.3, 0.4) is 0 Å². The lowest BCUT2D eigenvalue weighted by molar-refractivity contribution is -0.144. The molecule has 0 aromatic heterocycles. The first-order chi connectivity index (χ1) is 12.9. The third kappa shape index (κ3) is 7.58. The Morgan fingerprint density at radius 1 is 1.07 bits per heavy atom. The second kappa shape index (κ2) is 10.4. The van der Waals surface area contributed by atoms with Crippen LogP contribution in [0, 0.1) is 0 Å². The second-order valence-corrected chi connectivity index (χ2v) is 6.83. The van der Waals surface area contributed by atoms with Crippen LogP contribution in [0.25, 0.3) is 6.08 Å². The molecule has 0 saturated carbocycles. The summed E-state index contributed by atoms with van der Waals surface area (Å²) in [5, 5.41) is 2.61. The van der Waals surface area contributed by atoms with Gasteiger partial charge in [-0.1, -0.05) is 58.4 Å². The zero-order chi connectivity index (χ0) is 19.6. The molecular formula is C21H20BrNO4. The Morgan fingerprint density at radius 2 is 1.74 bits per heavy atom. The molecular weight excluding hydrogens is 410 g/mol. The smallest absolute Gasteiger partial charge is 0.331 e. The van der Waals surface area contributed by atoms with Crippen molar-refractivity contribution < 1.29 is 19.1 Å². The second-order valence-electron chi connectivity index (χ2n) is 5.91. The Kier molecular flexibility index (Phi) is 7.95. The van der Waals surface area contributed by atoms with Gasteiger partial charge in [-0.25, -0.2) is 4.79 Å². The maximum atomic E-state index is 12.0. The van der Waals surface area contributed by atoms with E-state index in [1.54, 1.807) is 6.08 Å². The van der Waals surface area contributed by atoms with Gasteiger partial charge in [-0.15, -0.1) is 0 Å². The first-order valence-corrected chi connectivity index (χ1v) is 9.17. The fourth-order valence-electron chi connectivity index (χ4n) is 2.31. The van der Waals surface area contributed by atoms with Crippen LogP contribution < -0.4 is 5.32 Å². The molecule has 1 N–H and O–H groups in total. The molecule has 0 radical (unpaired) electrons. The minimum absolute atomic E-state index is 0.159. The molecule has 0 spiro atoms. The molecule has 0 aliphatic rings. The average molecular weight is 430 g/mol. The van der Waals surface area contributed by atoms with Gasteiger partial charge in [-0.2, -0.15) is 0 Å². The van der Waals surface area contributed by atoms with E-state index >= 15 is 0 Å². The molecule has 2 aromatic rings. The molecule has 27 heavy (non-hydrogen) atoms. The number of benzene rings is 2. The predicted octanol–water partition coefficient (Wildman–Crippen LogP) is 3.32. The van der Waals surface area contributed by atoms with Crippen LogP contribution in [-0.4, -0.2) is 30.3 Å². The number of carbonyl (C=O) groups is 3. The van der Waals surface area contributed by atoms with Crippen LogP contribution >= 0.6 is 15.9 Å². The zero-order valence-electron chi connectivity index (χ0n) is 14.9. The SMILES string of the molecule is CC(=O)C(Cc1ccccc1)NC(=O)COC(=O)/C=C/c1ccc(Br)cc1. The van der Waals surface area contributed by atoms with E-state index in [4.69, 9.17) is 4.74 Å². The Morgan fingerprint density at radius 3 is 2.37 bits per heavy atom. The van der Waals surface area contributed by atoms with Gasteiger partial charge >= 0.3 is 5.97 Å². The van der Waals surface area contributed by atoms with Gasteiger partial charge in [0.1, 0.15) is 0 Å². The number of hydrogen-bond donors (Lipinski definition) is 1. The van der Waals surface area contributed by atoms with E-state index < -0.39 is 24.5 Å². The largest absolute Gasteiger partial charge is 0.452 e. The van der Waals surface area contributed by atoms with Gasteiger partial charge in [-0.3, -0.25) is 9.59 Å². The standard InChI is InChI=1S/C21H20BrNO4/c1-15(24)19(13-17-5-3-2-4-6-17)23-20(25)14-27-21(26)12-9-16-7-10-18(22)11-8-16/h2-12,19H,13-14H2,1H3,(H,23,25)/b12-9+. The molecule has 0 heterocycles. The minimum atomic E-state index is -0.656. The van der Waals surface area contributed by atoms with Gasteiger partial charge < -0.3 is 10.1 Å². The number of nitrogens with one attached hydrogen (secondary N) is 1. The lowest BCUT2D eigenvalue weighted by atomic mass is 10.0. The summed E-state index contributed by atoms with van der Waals surface area (Å²) in [6.45, 7) is 0.975. The summed E-state index contributed by atoms with van der Waals surface area (Å²) < 4.78 is 5.86. The third-order valence-electron chi connectivity index (χ3n) is 3.74. The Balaban J connectivity index is 1.81. The highest BCUT2D eigenvalue weighted by molar-refractivity contribution is 9.10. The number of amides is 1. The lowest BCUT2D eigenvalue weighted by Gasteiger charge is -2.16. The number of rotatable bonds is 8. The Bertz CT molecular complexity index is 816. The third-order valence-corrected chi connectivity index (χ3v) is 4.26. The summed E-state index contributed by atoms with van der Waals surface area (Å²) in [5.41, 5.74) is 1.77. The van der Waals surface area contributed by atoms with Crippen LogP contribution in [0.2, 0.25) is 0 Å². The Hall–Kier alpha value is -2.73. The van der Waals surface area contributed by atoms with E-state index in [2.05, 4.69) is 21.2 Å². The Labute approximate surface area is 166 Å². The normalized spacial score (nSPS) is 11.8. The fraction of sp³-hybridized carbons (Fsp3) is 0.190. The van der Waals surface area contributed by atoms with E-state index in [-0.39, 0.29) is 5.78 Å². The van der Waals surface area contributed by atoms with Crippen molar-refractivity contribution in [2.45, 2.75) is 19.4 Å². The predicted molar refractivity (Wildman–Crippen MR) is 107 cm³/mol. The van der Waals surface area contributed by atoms with Crippen molar-refractivity contribution in [3.8, 4) is 0 Å². The van der Waals surface area contributed by atoms with Crippen LogP contribution in [0.5, 0.6) is 0 Å². The molecule has 5 nitrogen and oxygen atoms in total. The highest BCUT2D eigenvalue weighted by Gasteiger charge is 2.18. The van der Waals surface area contributed by atoms with Crippen molar-refractivity contribution in [3.05, 3.63) is 76.3 Å². The van der Waals surface area contributed by atoms with Crippen molar-refractivity contribution in [1.82, 2.24) is 5.32 Å². The molecule has 0 fully saturated rings. The van der Waals surface area contributed by atoms with Crippen molar-refractivity contribution in [2.24, 2.45) is 0 Å². The van der Waals surface area contributed by atoms with Crippen molar-refractivity contribution >= 4 is 39.7 Å². The molecule has 0 bridgehead atoms. The summed E-state index contributed by atoms with van der Waals surface area (Å²) in [7, 11) is 0. The topological polar surface area (TPSA) is 72.5 Å². The number of halogens is 1. The lowest BCUT2D eigenvalue weighted by Crippen LogP contribution is -2.43. The molecule has 2 rings (SSSR count). The number of hydrogen-bond acceptors (Lipinski definition) is 4. The van der Waals surface area contributed by atoms with Crippen LogP contribution in [0.4, 0.5) is 0 Å². The summed E-state index contributed by atoms with van der Waals surface area (Å²) in [6, 6.07) is 16.1. The van der Waals surface area contributed by atoms with E-state index in [1.165, 1.54) is 13.0 Å². The number of Topliss-reactive ketones (excluding diaryl/α,β-unsaturated/α-hetero) is 1. The molecule has 2 aromatic carbocycles.